The number of carbonyl (C=O) groups excluding carboxylic acids is 1. The van der Waals surface area contributed by atoms with E-state index >= 15 is 0 Å². The number of halogens is 1. The average Bonchev–Trinajstić information content (AvgIpc) is 2.82. The van der Waals surface area contributed by atoms with Gasteiger partial charge >= 0.3 is 0 Å². The molecule has 7 nitrogen and oxygen atoms in total. The number of morpholine rings is 1. The molecule has 0 radical (unpaired) electrons. The Hall–Kier alpha value is -2.84. The third-order valence-corrected chi connectivity index (χ3v) is 7.45. The number of hydrogen-bond acceptors (Lipinski definition) is 7. The molecule has 1 fully saturated rings. The molecule has 2 aliphatic rings. The van der Waals surface area contributed by atoms with Crippen LogP contribution in [-0.4, -0.2) is 74.9 Å². The van der Waals surface area contributed by atoms with E-state index in [1.807, 2.05) is 38.9 Å². The summed E-state index contributed by atoms with van der Waals surface area (Å²) in [4.78, 5) is 18.1. The average molecular weight is 487 g/mol. The topological polar surface area (TPSA) is 71.5 Å². The van der Waals surface area contributed by atoms with Gasteiger partial charge in [0, 0.05) is 36.5 Å². The molecule has 0 aliphatic carbocycles. The number of Topliss-reactive ketones (excluding diaryl/α,β-unsaturated/α-hetero) is 1. The second-order valence-electron chi connectivity index (χ2n) is 10.1. The number of benzene rings is 2. The molecule has 190 valence electrons. The predicted octanol–water partition coefficient (Wildman–Crippen LogP) is 4.05. The normalized spacial score (nSPS) is 24.3. The first kappa shape index (κ1) is 25.3. The van der Waals surface area contributed by atoms with Crippen LogP contribution in [0.1, 0.15) is 36.2 Å². The van der Waals surface area contributed by atoms with Crippen LogP contribution < -0.4 is 14.4 Å². The molecule has 1 N–H and O–H groups in total. The number of phenolic OH excluding ortho intramolecular Hbond substituents is 1. The molecule has 0 saturated carbocycles. The number of nitrogens with zero attached hydrogens (tertiary/aromatic N) is 2. The Balaban J connectivity index is 1.73. The van der Waals surface area contributed by atoms with Crippen molar-refractivity contribution in [3.05, 3.63) is 47.3 Å². The first-order chi connectivity index (χ1) is 16.6. The predicted molar refractivity (Wildman–Crippen MR) is 132 cm³/mol. The van der Waals surface area contributed by atoms with Gasteiger partial charge in [0.15, 0.2) is 11.4 Å². The minimum Gasteiger partial charge on any atom is -0.507 e. The zero-order valence-corrected chi connectivity index (χ0v) is 21.2. The van der Waals surface area contributed by atoms with Crippen molar-refractivity contribution in [2.24, 2.45) is 5.41 Å². The van der Waals surface area contributed by atoms with Crippen molar-refractivity contribution in [1.29, 1.82) is 0 Å². The van der Waals surface area contributed by atoms with Crippen molar-refractivity contribution in [3.8, 4) is 17.2 Å². The van der Waals surface area contributed by atoms with Crippen molar-refractivity contribution < 1.29 is 28.5 Å². The summed E-state index contributed by atoms with van der Waals surface area (Å²) in [6.07, 6.45) is 0.491. The molecular formula is C27H35FN2O5. The third-order valence-electron chi connectivity index (χ3n) is 7.45. The number of ether oxygens (including phenoxy) is 3. The molecule has 2 aromatic carbocycles. The first-order valence-corrected chi connectivity index (χ1v) is 12.0. The standard InChI is InChI=1S/C27H35FN2O5/c1-18-20(28)7-6-8-22(18)34-17-27(3)26(2,9-10-29(4)5)25(32)24-21(31)15-19(16-23(24)35-27)30-11-13-33-14-12-30/h6-8,15-16,31H,9-14,17H2,1-5H3. The van der Waals surface area contributed by atoms with Gasteiger partial charge in [-0.05, 0) is 60.0 Å². The van der Waals surface area contributed by atoms with Crippen LogP contribution in [0, 0.1) is 18.2 Å². The van der Waals surface area contributed by atoms with Crippen LogP contribution in [0.5, 0.6) is 17.2 Å². The second-order valence-corrected chi connectivity index (χ2v) is 10.1. The van der Waals surface area contributed by atoms with Gasteiger partial charge in [0.25, 0.3) is 0 Å². The lowest BCUT2D eigenvalue weighted by Gasteiger charge is -2.49. The minimum atomic E-state index is -1.07. The first-order valence-electron chi connectivity index (χ1n) is 12.0. The maximum Gasteiger partial charge on any atom is 0.180 e. The van der Waals surface area contributed by atoms with E-state index in [4.69, 9.17) is 14.2 Å². The maximum absolute atomic E-state index is 14.1. The van der Waals surface area contributed by atoms with Crippen molar-refractivity contribution in [2.45, 2.75) is 32.8 Å². The monoisotopic (exact) mass is 486 g/mol. The third kappa shape index (κ3) is 4.69. The van der Waals surface area contributed by atoms with Crippen LogP contribution in [-0.2, 0) is 4.74 Å². The summed E-state index contributed by atoms with van der Waals surface area (Å²) in [6.45, 7) is 8.62. The fourth-order valence-electron chi connectivity index (χ4n) is 4.74. The SMILES string of the molecule is Cc1c(F)cccc1OCC1(C)Oc2cc(N3CCOCC3)cc(O)c2C(=O)C1(C)CCN(C)C. The van der Waals surface area contributed by atoms with Gasteiger partial charge in [0.1, 0.15) is 35.2 Å². The second kappa shape index (κ2) is 9.66. The highest BCUT2D eigenvalue weighted by atomic mass is 19.1. The minimum absolute atomic E-state index is 0.0367. The Morgan fingerprint density at radius 2 is 1.91 bits per heavy atom. The number of fused-ring (bicyclic) bond motifs is 1. The fraction of sp³-hybridized carbons (Fsp3) is 0.519. The largest absolute Gasteiger partial charge is 0.507 e. The Bertz CT molecular complexity index is 1100. The highest BCUT2D eigenvalue weighted by Crippen LogP contribution is 2.51. The smallest absolute Gasteiger partial charge is 0.180 e. The quantitative estimate of drug-likeness (QED) is 0.633. The van der Waals surface area contributed by atoms with Gasteiger partial charge in [-0.1, -0.05) is 6.07 Å². The molecule has 1 saturated heterocycles. The van der Waals surface area contributed by atoms with E-state index in [0.717, 1.165) is 5.69 Å². The molecular weight excluding hydrogens is 451 g/mol. The van der Waals surface area contributed by atoms with Crippen LogP contribution in [0.4, 0.5) is 10.1 Å². The van der Waals surface area contributed by atoms with E-state index in [0.29, 0.717) is 56.3 Å². The summed E-state index contributed by atoms with van der Waals surface area (Å²) >= 11 is 0. The number of ketones is 1. The van der Waals surface area contributed by atoms with E-state index in [1.165, 1.54) is 6.07 Å². The molecule has 2 atom stereocenters. The molecule has 0 amide bonds. The summed E-state index contributed by atoms with van der Waals surface area (Å²) < 4.78 is 32.2. The van der Waals surface area contributed by atoms with Gasteiger partial charge in [-0.3, -0.25) is 4.79 Å². The molecule has 0 aromatic heterocycles. The summed E-state index contributed by atoms with van der Waals surface area (Å²) in [6, 6.07) is 8.14. The van der Waals surface area contributed by atoms with Gasteiger partial charge in [-0.2, -0.15) is 0 Å². The maximum atomic E-state index is 14.1. The highest BCUT2D eigenvalue weighted by Gasteiger charge is 2.57. The molecule has 2 heterocycles. The van der Waals surface area contributed by atoms with Gasteiger partial charge in [0.2, 0.25) is 0 Å². The molecule has 8 heteroatoms. The zero-order chi connectivity index (χ0) is 25.4. The van der Waals surface area contributed by atoms with Gasteiger partial charge in [-0.25, -0.2) is 4.39 Å². The molecule has 2 aliphatic heterocycles. The summed E-state index contributed by atoms with van der Waals surface area (Å²) in [5.74, 6) is 0.116. The molecule has 0 bridgehead atoms. The molecule has 0 spiro atoms. The highest BCUT2D eigenvalue weighted by molar-refractivity contribution is 6.07. The van der Waals surface area contributed by atoms with E-state index in [2.05, 4.69) is 4.90 Å². The Kier molecular flexibility index (Phi) is 6.97. The molecule has 4 rings (SSSR count). The molecule has 35 heavy (non-hydrogen) atoms. The number of anilines is 1. The van der Waals surface area contributed by atoms with E-state index in [-0.39, 0.29) is 29.5 Å². The Morgan fingerprint density at radius 3 is 2.60 bits per heavy atom. The van der Waals surface area contributed by atoms with Crippen LogP contribution >= 0.6 is 0 Å². The number of carbonyl (C=O) groups is 1. The van der Waals surface area contributed by atoms with Crippen LogP contribution in [0.3, 0.4) is 0 Å². The van der Waals surface area contributed by atoms with Crippen LogP contribution in [0.25, 0.3) is 0 Å². The molecule has 2 aromatic rings. The number of aromatic hydroxyl groups is 1. The zero-order valence-electron chi connectivity index (χ0n) is 21.2. The van der Waals surface area contributed by atoms with E-state index < -0.39 is 11.0 Å². The van der Waals surface area contributed by atoms with Gasteiger partial charge in [-0.15, -0.1) is 0 Å². The lowest BCUT2D eigenvalue weighted by Crippen LogP contribution is -2.60. The van der Waals surface area contributed by atoms with Crippen molar-refractivity contribution >= 4 is 11.5 Å². The fourth-order valence-corrected chi connectivity index (χ4v) is 4.74. The van der Waals surface area contributed by atoms with Gasteiger partial charge < -0.3 is 29.1 Å². The number of hydrogen-bond donors (Lipinski definition) is 1. The van der Waals surface area contributed by atoms with Gasteiger partial charge in [0.05, 0.1) is 18.6 Å². The summed E-state index contributed by atoms with van der Waals surface area (Å²) in [5.41, 5.74) is -0.687. The van der Waals surface area contributed by atoms with E-state index in [1.54, 1.807) is 25.1 Å². The van der Waals surface area contributed by atoms with Crippen molar-refractivity contribution in [3.63, 3.8) is 0 Å². The summed E-state index contributed by atoms with van der Waals surface area (Å²) in [7, 11) is 3.89. The van der Waals surface area contributed by atoms with Crippen molar-refractivity contribution in [2.75, 3.05) is 58.5 Å². The Labute approximate surface area is 206 Å². The van der Waals surface area contributed by atoms with Crippen LogP contribution in [0.2, 0.25) is 0 Å². The lowest BCUT2D eigenvalue weighted by atomic mass is 9.65. The van der Waals surface area contributed by atoms with Crippen LogP contribution in [0.15, 0.2) is 30.3 Å². The van der Waals surface area contributed by atoms with Crippen molar-refractivity contribution in [1.82, 2.24) is 4.90 Å². The lowest BCUT2D eigenvalue weighted by molar-refractivity contribution is -0.0660. The Morgan fingerprint density at radius 1 is 1.20 bits per heavy atom. The number of rotatable bonds is 7. The van der Waals surface area contributed by atoms with E-state index in [9.17, 15) is 14.3 Å². The summed E-state index contributed by atoms with van der Waals surface area (Å²) in [5, 5.41) is 11.0. The molecule has 2 unspecified atom stereocenters. The number of phenols is 1.